The van der Waals surface area contributed by atoms with Gasteiger partial charge < -0.3 is 16.4 Å². The van der Waals surface area contributed by atoms with Gasteiger partial charge in [0.1, 0.15) is 0 Å². The Balaban J connectivity index is 2.11. The van der Waals surface area contributed by atoms with Gasteiger partial charge in [-0.05, 0) is 0 Å². The van der Waals surface area contributed by atoms with E-state index in [1.807, 2.05) is 0 Å². The molecule has 4 N–H and O–H groups in total. The van der Waals surface area contributed by atoms with E-state index < -0.39 is 0 Å². The first kappa shape index (κ1) is 6.35. The number of rotatable bonds is 2. The molecular weight excluding hydrogens is 116 g/mol. The van der Waals surface area contributed by atoms with Crippen molar-refractivity contribution in [2.24, 2.45) is 10.7 Å². The van der Waals surface area contributed by atoms with Gasteiger partial charge in [0.15, 0.2) is 5.96 Å². The highest BCUT2D eigenvalue weighted by molar-refractivity contribution is 5.81. The summed E-state index contributed by atoms with van der Waals surface area (Å²) in [5.74, 6) is 0.889. The molecular formula is C5H12N4. The van der Waals surface area contributed by atoms with Crippen LogP contribution >= 0.6 is 0 Å². The molecule has 0 amide bonds. The van der Waals surface area contributed by atoms with Crippen LogP contribution in [-0.2, 0) is 0 Å². The predicted octanol–water partition coefficient (Wildman–Crippen LogP) is -1.51. The molecule has 0 aromatic rings. The number of nitrogens with one attached hydrogen (secondary N) is 2. The van der Waals surface area contributed by atoms with Crippen molar-refractivity contribution in [3.05, 3.63) is 0 Å². The van der Waals surface area contributed by atoms with Crippen molar-refractivity contribution < 1.29 is 0 Å². The van der Waals surface area contributed by atoms with Crippen molar-refractivity contribution in [3.63, 3.8) is 0 Å². The SMILES string of the molecule is NCCNC1=NCCN1. The Morgan fingerprint density at radius 2 is 2.67 bits per heavy atom. The second kappa shape index (κ2) is 3.29. The lowest BCUT2D eigenvalue weighted by molar-refractivity contribution is 0.845. The second-order valence-corrected chi connectivity index (χ2v) is 1.87. The first-order valence-electron chi connectivity index (χ1n) is 3.16. The van der Waals surface area contributed by atoms with E-state index >= 15 is 0 Å². The van der Waals surface area contributed by atoms with Crippen LogP contribution in [0.25, 0.3) is 0 Å². The van der Waals surface area contributed by atoms with Gasteiger partial charge in [-0.1, -0.05) is 0 Å². The number of hydrogen-bond acceptors (Lipinski definition) is 4. The number of nitrogens with zero attached hydrogens (tertiary/aromatic N) is 1. The van der Waals surface area contributed by atoms with Crippen LogP contribution in [0.1, 0.15) is 0 Å². The summed E-state index contributed by atoms with van der Waals surface area (Å²) in [6, 6.07) is 0. The van der Waals surface area contributed by atoms with Crippen LogP contribution in [0.2, 0.25) is 0 Å². The Kier molecular flexibility index (Phi) is 2.32. The molecule has 0 aliphatic carbocycles. The third-order valence-corrected chi connectivity index (χ3v) is 1.11. The van der Waals surface area contributed by atoms with E-state index in [1.54, 1.807) is 0 Å². The summed E-state index contributed by atoms with van der Waals surface area (Å²) in [6.07, 6.45) is 0. The highest BCUT2D eigenvalue weighted by Crippen LogP contribution is 1.78. The summed E-state index contributed by atoms with van der Waals surface area (Å²) < 4.78 is 0. The second-order valence-electron chi connectivity index (χ2n) is 1.87. The molecule has 0 saturated carbocycles. The molecule has 4 nitrogen and oxygen atoms in total. The molecule has 1 aliphatic heterocycles. The van der Waals surface area contributed by atoms with E-state index in [0.717, 1.165) is 25.6 Å². The number of nitrogens with two attached hydrogens (primary N) is 1. The standard InChI is InChI=1S/C5H12N4/c6-1-2-7-5-8-3-4-9-5/h1-4,6H2,(H2,7,8,9). The van der Waals surface area contributed by atoms with Gasteiger partial charge in [0.25, 0.3) is 0 Å². The van der Waals surface area contributed by atoms with Crippen molar-refractivity contribution in [1.82, 2.24) is 10.6 Å². The van der Waals surface area contributed by atoms with E-state index in [-0.39, 0.29) is 0 Å². The summed E-state index contributed by atoms with van der Waals surface area (Å²) in [4.78, 5) is 4.11. The van der Waals surface area contributed by atoms with Crippen molar-refractivity contribution in [2.75, 3.05) is 26.2 Å². The lowest BCUT2D eigenvalue weighted by Crippen LogP contribution is -2.36. The molecule has 1 aliphatic rings. The molecule has 0 bridgehead atoms. The molecule has 1 heterocycles. The predicted molar refractivity (Wildman–Crippen MR) is 37.4 cm³/mol. The van der Waals surface area contributed by atoms with Gasteiger partial charge in [-0.3, -0.25) is 4.99 Å². The minimum absolute atomic E-state index is 0.653. The molecule has 0 aromatic heterocycles. The fraction of sp³-hybridized carbons (Fsp3) is 0.800. The maximum Gasteiger partial charge on any atom is 0.191 e. The number of aliphatic imine (C=N–C) groups is 1. The van der Waals surface area contributed by atoms with Gasteiger partial charge in [-0.25, -0.2) is 0 Å². The lowest BCUT2D eigenvalue weighted by Gasteiger charge is -2.02. The highest BCUT2D eigenvalue weighted by atomic mass is 15.2. The normalized spacial score (nSPS) is 16.8. The largest absolute Gasteiger partial charge is 0.355 e. The topological polar surface area (TPSA) is 62.4 Å². The van der Waals surface area contributed by atoms with E-state index in [2.05, 4.69) is 15.6 Å². The molecule has 0 aromatic carbocycles. The molecule has 9 heavy (non-hydrogen) atoms. The van der Waals surface area contributed by atoms with E-state index in [0.29, 0.717) is 6.54 Å². The zero-order valence-electron chi connectivity index (χ0n) is 5.35. The van der Waals surface area contributed by atoms with Gasteiger partial charge in [0.2, 0.25) is 0 Å². The minimum Gasteiger partial charge on any atom is -0.355 e. The van der Waals surface area contributed by atoms with Gasteiger partial charge in [-0.15, -0.1) is 0 Å². The van der Waals surface area contributed by atoms with Crippen LogP contribution in [-0.4, -0.2) is 32.1 Å². The van der Waals surface area contributed by atoms with Crippen molar-refractivity contribution >= 4 is 5.96 Å². The molecule has 4 heteroatoms. The minimum atomic E-state index is 0.653. The van der Waals surface area contributed by atoms with Crippen molar-refractivity contribution in [3.8, 4) is 0 Å². The van der Waals surface area contributed by atoms with E-state index in [4.69, 9.17) is 5.73 Å². The summed E-state index contributed by atoms with van der Waals surface area (Å²) in [5.41, 5.74) is 5.26. The molecule has 52 valence electrons. The van der Waals surface area contributed by atoms with Gasteiger partial charge in [0.05, 0.1) is 6.54 Å². The van der Waals surface area contributed by atoms with Crippen LogP contribution in [0.3, 0.4) is 0 Å². The Morgan fingerprint density at radius 3 is 3.22 bits per heavy atom. The smallest absolute Gasteiger partial charge is 0.191 e. The van der Waals surface area contributed by atoms with E-state index in [9.17, 15) is 0 Å². The highest BCUT2D eigenvalue weighted by Gasteiger charge is 2.00. The molecule has 0 spiro atoms. The van der Waals surface area contributed by atoms with Crippen LogP contribution in [0, 0.1) is 0 Å². The summed E-state index contributed by atoms with van der Waals surface area (Å²) in [6.45, 7) is 3.28. The fourth-order valence-electron chi connectivity index (χ4n) is 0.707. The zero-order valence-corrected chi connectivity index (χ0v) is 5.35. The Labute approximate surface area is 54.5 Å². The van der Waals surface area contributed by atoms with Gasteiger partial charge >= 0.3 is 0 Å². The summed E-state index contributed by atoms with van der Waals surface area (Å²) >= 11 is 0. The average molecular weight is 128 g/mol. The first-order valence-corrected chi connectivity index (χ1v) is 3.16. The quantitative estimate of drug-likeness (QED) is 0.424. The lowest BCUT2D eigenvalue weighted by atomic mass is 10.6. The van der Waals surface area contributed by atoms with E-state index in [1.165, 1.54) is 0 Å². The van der Waals surface area contributed by atoms with Crippen LogP contribution in [0.4, 0.5) is 0 Å². The van der Waals surface area contributed by atoms with Gasteiger partial charge in [0, 0.05) is 19.6 Å². The molecule has 0 radical (unpaired) electrons. The van der Waals surface area contributed by atoms with Crippen LogP contribution in [0.5, 0.6) is 0 Å². The fourth-order valence-corrected chi connectivity index (χ4v) is 0.707. The molecule has 0 atom stereocenters. The number of hydrogen-bond donors (Lipinski definition) is 3. The van der Waals surface area contributed by atoms with Crippen LogP contribution in [0.15, 0.2) is 4.99 Å². The Bertz CT molecular complexity index is 110. The monoisotopic (exact) mass is 128 g/mol. The average Bonchev–Trinajstić information content (AvgIpc) is 2.34. The maximum absolute atomic E-state index is 5.26. The zero-order chi connectivity index (χ0) is 6.53. The molecule has 0 fully saturated rings. The molecule has 1 rings (SSSR count). The third-order valence-electron chi connectivity index (χ3n) is 1.11. The van der Waals surface area contributed by atoms with Crippen molar-refractivity contribution in [1.29, 1.82) is 0 Å². The Hall–Kier alpha value is -0.770. The van der Waals surface area contributed by atoms with Crippen LogP contribution < -0.4 is 16.4 Å². The molecule has 0 saturated heterocycles. The summed E-state index contributed by atoms with van der Waals surface area (Å²) in [7, 11) is 0. The number of guanidine groups is 1. The first-order chi connectivity index (χ1) is 4.43. The molecule has 0 unspecified atom stereocenters. The van der Waals surface area contributed by atoms with Gasteiger partial charge in [-0.2, -0.15) is 0 Å². The third kappa shape index (κ3) is 1.89. The Morgan fingerprint density at radius 1 is 1.78 bits per heavy atom. The maximum atomic E-state index is 5.26. The summed E-state index contributed by atoms with van der Waals surface area (Å²) in [5, 5.41) is 6.12. The van der Waals surface area contributed by atoms with Crippen molar-refractivity contribution in [2.45, 2.75) is 0 Å².